The van der Waals surface area contributed by atoms with Crippen molar-refractivity contribution >= 4 is 11.3 Å². The van der Waals surface area contributed by atoms with Crippen molar-refractivity contribution in [2.75, 3.05) is 31.1 Å². The second-order valence-corrected chi connectivity index (χ2v) is 7.58. The lowest BCUT2D eigenvalue weighted by Gasteiger charge is -2.35. The largest absolute Gasteiger partial charge is 0.366 e. The molecule has 0 aromatic carbocycles. The molecule has 0 amide bonds. The van der Waals surface area contributed by atoms with Crippen LogP contribution >= 0.6 is 0 Å². The first-order chi connectivity index (χ1) is 14.2. The van der Waals surface area contributed by atoms with Crippen LogP contribution in [0.5, 0.6) is 0 Å². The van der Waals surface area contributed by atoms with Gasteiger partial charge in [0.25, 0.3) is 0 Å². The highest BCUT2D eigenvalue weighted by atomic mass is 15.4. The third-order valence-corrected chi connectivity index (χ3v) is 5.61. The molecule has 0 radical (unpaired) electrons. The minimum absolute atomic E-state index is 0.866. The summed E-state index contributed by atoms with van der Waals surface area (Å²) in [6, 6.07) is 12.0. The number of piperazine rings is 1. The zero-order valence-electron chi connectivity index (χ0n) is 16.9. The predicted molar refractivity (Wildman–Crippen MR) is 114 cm³/mol. The molecule has 0 spiro atoms. The SMILES string of the molecule is Cc1nn(-c2ccccn2)c(C)c1N1CCN(Cc2cn3ccccc3n2)CC1. The van der Waals surface area contributed by atoms with Crippen molar-refractivity contribution in [3.63, 3.8) is 0 Å². The van der Waals surface area contributed by atoms with Crippen LogP contribution in [0.4, 0.5) is 5.69 Å². The van der Waals surface area contributed by atoms with Crippen molar-refractivity contribution in [3.8, 4) is 5.82 Å². The maximum absolute atomic E-state index is 4.75. The number of pyridine rings is 2. The summed E-state index contributed by atoms with van der Waals surface area (Å²) < 4.78 is 4.04. The first-order valence-corrected chi connectivity index (χ1v) is 10.1. The van der Waals surface area contributed by atoms with Gasteiger partial charge < -0.3 is 9.30 Å². The van der Waals surface area contributed by atoms with E-state index in [-0.39, 0.29) is 0 Å². The van der Waals surface area contributed by atoms with Gasteiger partial charge in [-0.15, -0.1) is 0 Å². The smallest absolute Gasteiger partial charge is 0.153 e. The van der Waals surface area contributed by atoms with Gasteiger partial charge >= 0.3 is 0 Å². The van der Waals surface area contributed by atoms with Crippen LogP contribution in [0.1, 0.15) is 17.1 Å². The molecule has 0 saturated carbocycles. The molecule has 7 heteroatoms. The first-order valence-electron chi connectivity index (χ1n) is 10.1. The van der Waals surface area contributed by atoms with Gasteiger partial charge in [-0.1, -0.05) is 12.1 Å². The molecule has 0 bridgehead atoms. The van der Waals surface area contributed by atoms with E-state index in [0.717, 1.165) is 61.3 Å². The molecule has 0 unspecified atom stereocenters. The van der Waals surface area contributed by atoms with Gasteiger partial charge in [-0.2, -0.15) is 5.10 Å². The Morgan fingerprint density at radius 2 is 1.79 bits per heavy atom. The van der Waals surface area contributed by atoms with E-state index in [9.17, 15) is 0 Å². The van der Waals surface area contributed by atoms with E-state index < -0.39 is 0 Å². The molecule has 5 heterocycles. The summed E-state index contributed by atoms with van der Waals surface area (Å²) in [5.74, 6) is 0.866. The number of fused-ring (bicyclic) bond motifs is 1. The Balaban J connectivity index is 1.29. The van der Waals surface area contributed by atoms with Crippen LogP contribution < -0.4 is 4.90 Å². The molecule has 1 aliphatic heterocycles. The molecule has 0 aliphatic carbocycles. The van der Waals surface area contributed by atoms with E-state index in [1.54, 1.807) is 0 Å². The summed E-state index contributed by atoms with van der Waals surface area (Å²) in [6.45, 7) is 9.12. The average molecular weight is 387 g/mol. The van der Waals surface area contributed by atoms with E-state index >= 15 is 0 Å². The molecule has 1 fully saturated rings. The van der Waals surface area contributed by atoms with Crippen LogP contribution in [-0.2, 0) is 6.54 Å². The second kappa shape index (κ2) is 7.33. The van der Waals surface area contributed by atoms with E-state index in [2.05, 4.69) is 45.4 Å². The number of aryl methyl sites for hydroxylation is 1. The van der Waals surface area contributed by atoms with E-state index in [1.165, 1.54) is 5.69 Å². The van der Waals surface area contributed by atoms with Gasteiger partial charge in [-0.25, -0.2) is 14.6 Å². The Labute approximate surface area is 170 Å². The molecule has 29 heavy (non-hydrogen) atoms. The molecule has 0 atom stereocenters. The van der Waals surface area contributed by atoms with Gasteiger partial charge in [-0.05, 0) is 38.1 Å². The standard InChI is InChI=1S/C22H25N7/c1-17-22(18(2)29(25-17)20-7-3-5-9-23-20)27-13-11-26(12-14-27)15-19-16-28-10-6-4-8-21(28)24-19/h3-10,16H,11-15H2,1-2H3. The number of hydrogen-bond donors (Lipinski definition) is 0. The van der Waals surface area contributed by atoms with Crippen LogP contribution in [0.25, 0.3) is 11.5 Å². The van der Waals surface area contributed by atoms with Crippen LogP contribution in [0.3, 0.4) is 0 Å². The molecule has 4 aromatic heterocycles. The fourth-order valence-electron chi connectivity index (χ4n) is 4.22. The van der Waals surface area contributed by atoms with Crippen molar-refractivity contribution in [2.45, 2.75) is 20.4 Å². The summed E-state index contributed by atoms with van der Waals surface area (Å²) in [6.07, 6.45) is 5.99. The second-order valence-electron chi connectivity index (χ2n) is 7.58. The number of rotatable bonds is 4. The average Bonchev–Trinajstić information content (AvgIpc) is 3.29. The summed E-state index contributed by atoms with van der Waals surface area (Å²) in [4.78, 5) is 14.1. The Bertz CT molecular complexity index is 1090. The minimum Gasteiger partial charge on any atom is -0.366 e. The zero-order valence-corrected chi connectivity index (χ0v) is 16.9. The first kappa shape index (κ1) is 17.9. The van der Waals surface area contributed by atoms with Gasteiger partial charge in [0.15, 0.2) is 5.82 Å². The molecule has 7 nitrogen and oxygen atoms in total. The summed E-state index contributed by atoms with van der Waals surface area (Å²) in [7, 11) is 0. The lowest BCUT2D eigenvalue weighted by Crippen LogP contribution is -2.46. The monoisotopic (exact) mass is 387 g/mol. The number of anilines is 1. The van der Waals surface area contributed by atoms with Crippen molar-refractivity contribution in [2.24, 2.45) is 0 Å². The van der Waals surface area contributed by atoms with E-state index in [4.69, 9.17) is 10.1 Å². The molecular formula is C22H25N7. The van der Waals surface area contributed by atoms with E-state index in [1.807, 2.05) is 47.3 Å². The predicted octanol–water partition coefficient (Wildman–Crippen LogP) is 2.85. The van der Waals surface area contributed by atoms with Gasteiger partial charge in [0.2, 0.25) is 0 Å². The summed E-state index contributed by atoms with van der Waals surface area (Å²) in [5, 5.41) is 4.75. The Morgan fingerprint density at radius 3 is 2.55 bits per heavy atom. The number of aromatic nitrogens is 5. The Hall–Kier alpha value is -3.19. The fraction of sp³-hybridized carbons (Fsp3) is 0.318. The Morgan fingerprint density at radius 1 is 0.966 bits per heavy atom. The lowest BCUT2D eigenvalue weighted by molar-refractivity contribution is 0.247. The Kier molecular flexibility index (Phi) is 4.52. The maximum Gasteiger partial charge on any atom is 0.153 e. The minimum atomic E-state index is 0.866. The zero-order chi connectivity index (χ0) is 19.8. The molecule has 0 N–H and O–H groups in total. The molecule has 4 aromatic rings. The van der Waals surface area contributed by atoms with Crippen molar-refractivity contribution in [1.82, 2.24) is 29.0 Å². The highest BCUT2D eigenvalue weighted by Crippen LogP contribution is 2.27. The van der Waals surface area contributed by atoms with Crippen molar-refractivity contribution in [3.05, 3.63) is 72.1 Å². The third-order valence-electron chi connectivity index (χ3n) is 5.61. The van der Waals surface area contributed by atoms with Gasteiger partial charge in [0, 0.05) is 51.3 Å². The number of imidazole rings is 1. The van der Waals surface area contributed by atoms with Crippen LogP contribution in [0, 0.1) is 13.8 Å². The maximum atomic E-state index is 4.75. The highest BCUT2D eigenvalue weighted by molar-refractivity contribution is 5.56. The van der Waals surface area contributed by atoms with Crippen LogP contribution in [-0.4, -0.2) is 55.2 Å². The lowest BCUT2D eigenvalue weighted by atomic mass is 10.2. The topological polar surface area (TPSA) is 54.5 Å². The molecule has 5 rings (SSSR count). The highest BCUT2D eigenvalue weighted by Gasteiger charge is 2.24. The van der Waals surface area contributed by atoms with Crippen LogP contribution in [0.15, 0.2) is 55.0 Å². The summed E-state index contributed by atoms with van der Waals surface area (Å²) >= 11 is 0. The molecule has 1 aliphatic rings. The summed E-state index contributed by atoms with van der Waals surface area (Å²) in [5.41, 5.74) is 5.58. The van der Waals surface area contributed by atoms with Crippen LogP contribution in [0.2, 0.25) is 0 Å². The van der Waals surface area contributed by atoms with Crippen molar-refractivity contribution < 1.29 is 0 Å². The number of nitrogens with zero attached hydrogens (tertiary/aromatic N) is 7. The van der Waals surface area contributed by atoms with Gasteiger partial charge in [0.1, 0.15) is 5.65 Å². The van der Waals surface area contributed by atoms with Gasteiger partial charge in [0.05, 0.1) is 22.8 Å². The van der Waals surface area contributed by atoms with Gasteiger partial charge in [-0.3, -0.25) is 4.90 Å². The number of hydrogen-bond acceptors (Lipinski definition) is 5. The fourth-order valence-corrected chi connectivity index (χ4v) is 4.22. The molecule has 1 saturated heterocycles. The molecule has 148 valence electrons. The van der Waals surface area contributed by atoms with E-state index in [0.29, 0.717) is 0 Å². The normalized spacial score (nSPS) is 15.3. The van der Waals surface area contributed by atoms with Crippen molar-refractivity contribution in [1.29, 1.82) is 0 Å². The molecular weight excluding hydrogens is 362 g/mol. The quantitative estimate of drug-likeness (QED) is 0.539. The third kappa shape index (κ3) is 3.38.